The highest BCUT2D eigenvalue weighted by molar-refractivity contribution is 6.46. The minimum Gasteiger partial charge on any atom is -0.507 e. The van der Waals surface area contributed by atoms with Gasteiger partial charge in [0.2, 0.25) is 0 Å². The quantitative estimate of drug-likeness (QED) is 0.352. The molecule has 8 nitrogen and oxygen atoms in total. The summed E-state index contributed by atoms with van der Waals surface area (Å²) in [5, 5.41) is 11.4. The van der Waals surface area contributed by atoms with Crippen LogP contribution in [0.5, 0.6) is 5.75 Å². The van der Waals surface area contributed by atoms with Gasteiger partial charge in [0.1, 0.15) is 17.6 Å². The van der Waals surface area contributed by atoms with Crippen LogP contribution in [0.4, 0.5) is 5.69 Å². The van der Waals surface area contributed by atoms with Crippen molar-refractivity contribution in [2.75, 3.05) is 58.4 Å². The molecule has 196 valence electrons. The van der Waals surface area contributed by atoms with Gasteiger partial charge in [-0.2, -0.15) is 0 Å². The van der Waals surface area contributed by atoms with E-state index in [1.54, 1.807) is 11.0 Å². The van der Waals surface area contributed by atoms with E-state index in [9.17, 15) is 14.7 Å². The molecule has 2 aromatic rings. The molecule has 0 aromatic heterocycles. The predicted molar refractivity (Wildman–Crippen MR) is 142 cm³/mol. The molecule has 1 N–H and O–H groups in total. The average molecular weight is 506 g/mol. The summed E-state index contributed by atoms with van der Waals surface area (Å²) in [6, 6.07) is 12.6. The summed E-state index contributed by atoms with van der Waals surface area (Å²) < 4.78 is 11.2. The molecule has 0 spiro atoms. The molecule has 1 amide bonds. The van der Waals surface area contributed by atoms with Crippen molar-refractivity contribution in [3.8, 4) is 5.75 Å². The van der Waals surface area contributed by atoms with Gasteiger partial charge in [-0.15, -0.1) is 0 Å². The maximum Gasteiger partial charge on any atom is 0.295 e. The van der Waals surface area contributed by atoms with E-state index in [1.165, 1.54) is 0 Å². The first-order chi connectivity index (χ1) is 17.8. The van der Waals surface area contributed by atoms with Crippen LogP contribution in [0.2, 0.25) is 0 Å². The minimum atomic E-state index is -0.649. The third kappa shape index (κ3) is 5.08. The number of likely N-dealkylation sites (tertiary alicyclic amines) is 1. The summed E-state index contributed by atoms with van der Waals surface area (Å²) in [5.41, 5.74) is 3.47. The molecule has 3 heterocycles. The number of aliphatic hydroxyl groups excluding tert-OH is 1. The second-order valence-electron chi connectivity index (χ2n) is 10.2. The molecular weight excluding hydrogens is 470 g/mol. The van der Waals surface area contributed by atoms with Crippen molar-refractivity contribution < 1.29 is 24.2 Å². The molecule has 0 radical (unpaired) electrons. The molecule has 2 fully saturated rings. The fourth-order valence-electron chi connectivity index (χ4n) is 5.43. The minimum absolute atomic E-state index is 0.0691. The van der Waals surface area contributed by atoms with Gasteiger partial charge in [-0.25, -0.2) is 0 Å². The van der Waals surface area contributed by atoms with Crippen molar-refractivity contribution in [2.24, 2.45) is 0 Å². The number of hydrogen-bond donors (Lipinski definition) is 1. The van der Waals surface area contributed by atoms with Gasteiger partial charge >= 0.3 is 0 Å². The average Bonchev–Trinajstić information content (AvgIpc) is 3.40. The van der Waals surface area contributed by atoms with Crippen molar-refractivity contribution >= 4 is 23.1 Å². The van der Waals surface area contributed by atoms with Crippen molar-refractivity contribution in [1.82, 2.24) is 9.80 Å². The molecule has 8 heteroatoms. The standard InChI is InChI=1S/C29H35N3O5/c1-19-17-22-18-21(7-10-24(22)37-19)27(33)25-26(20-5-8-23(9-6-20)30(2)3)32(29(35)28(25)34)12-4-11-31-13-15-36-16-14-31/h5-10,18-19,26,33H,4,11-17H2,1-3H3/b27-25+/t19-,26+/m0/s1. The maximum atomic E-state index is 13.4. The number of hydrogen-bond acceptors (Lipinski definition) is 7. The predicted octanol–water partition coefficient (Wildman–Crippen LogP) is 3.22. The first-order valence-electron chi connectivity index (χ1n) is 13.0. The van der Waals surface area contributed by atoms with E-state index in [2.05, 4.69) is 4.90 Å². The van der Waals surface area contributed by atoms with Crippen molar-refractivity contribution in [2.45, 2.75) is 31.9 Å². The molecule has 3 aliphatic rings. The SMILES string of the molecule is C[C@H]1Cc2cc(/C(O)=C3\C(=O)C(=O)N(CCCN4CCOCC4)[C@@H]3c3ccc(N(C)C)cc3)ccc2O1. The van der Waals surface area contributed by atoms with Gasteiger partial charge in [-0.1, -0.05) is 12.1 Å². The molecule has 2 aromatic carbocycles. The fourth-order valence-corrected chi connectivity index (χ4v) is 5.43. The number of morpholine rings is 1. The van der Waals surface area contributed by atoms with Crippen LogP contribution >= 0.6 is 0 Å². The maximum absolute atomic E-state index is 13.4. The Balaban J connectivity index is 1.49. The van der Waals surface area contributed by atoms with E-state index in [1.807, 2.05) is 62.3 Å². The van der Waals surface area contributed by atoms with Crippen molar-refractivity contribution in [1.29, 1.82) is 0 Å². The van der Waals surface area contributed by atoms with Crippen LogP contribution in [0.3, 0.4) is 0 Å². The Morgan fingerprint density at radius 2 is 1.78 bits per heavy atom. The Hall–Kier alpha value is -3.36. The third-order valence-electron chi connectivity index (χ3n) is 7.41. The molecule has 0 saturated carbocycles. The van der Waals surface area contributed by atoms with E-state index in [4.69, 9.17) is 9.47 Å². The van der Waals surface area contributed by atoms with Gasteiger partial charge in [0.15, 0.2) is 0 Å². The molecule has 0 unspecified atom stereocenters. The zero-order valence-electron chi connectivity index (χ0n) is 21.8. The number of rotatable bonds is 7. The Bertz CT molecular complexity index is 1200. The van der Waals surface area contributed by atoms with Crippen LogP contribution in [0, 0.1) is 0 Å². The number of carbonyl (C=O) groups is 2. The van der Waals surface area contributed by atoms with Gasteiger partial charge in [-0.3, -0.25) is 14.5 Å². The van der Waals surface area contributed by atoms with Crippen LogP contribution in [-0.4, -0.2) is 86.2 Å². The Morgan fingerprint density at radius 1 is 1.05 bits per heavy atom. The van der Waals surface area contributed by atoms with Crippen molar-refractivity contribution in [3.05, 3.63) is 64.7 Å². The Morgan fingerprint density at radius 3 is 2.49 bits per heavy atom. The molecule has 2 atom stereocenters. The largest absolute Gasteiger partial charge is 0.507 e. The highest BCUT2D eigenvalue weighted by atomic mass is 16.5. The second kappa shape index (κ2) is 10.6. The van der Waals surface area contributed by atoms with E-state index in [0.29, 0.717) is 25.3 Å². The number of fused-ring (bicyclic) bond motifs is 1. The van der Waals surface area contributed by atoms with Gasteiger partial charge < -0.3 is 24.4 Å². The number of aliphatic hydroxyl groups is 1. The summed E-state index contributed by atoms with van der Waals surface area (Å²) in [6.45, 7) is 6.42. The lowest BCUT2D eigenvalue weighted by Crippen LogP contribution is -2.38. The zero-order chi connectivity index (χ0) is 26.1. The summed E-state index contributed by atoms with van der Waals surface area (Å²) in [5.74, 6) is -0.555. The number of nitrogens with zero attached hydrogens (tertiary/aromatic N) is 3. The van der Waals surface area contributed by atoms with Crippen LogP contribution in [0.25, 0.3) is 5.76 Å². The summed E-state index contributed by atoms with van der Waals surface area (Å²) in [6.07, 6.45) is 1.54. The first kappa shape index (κ1) is 25.3. The number of carbonyl (C=O) groups excluding carboxylic acids is 2. The normalized spacial score (nSPS) is 23.3. The van der Waals surface area contributed by atoms with Gasteiger partial charge in [0, 0.05) is 57.9 Å². The molecule has 2 saturated heterocycles. The van der Waals surface area contributed by atoms with E-state index in [0.717, 1.165) is 55.0 Å². The summed E-state index contributed by atoms with van der Waals surface area (Å²) in [7, 11) is 3.93. The lowest BCUT2D eigenvalue weighted by Gasteiger charge is -2.29. The zero-order valence-corrected chi connectivity index (χ0v) is 21.8. The Kier molecular flexibility index (Phi) is 7.22. The van der Waals surface area contributed by atoms with Crippen LogP contribution in [0.15, 0.2) is 48.0 Å². The highest BCUT2D eigenvalue weighted by Gasteiger charge is 2.46. The van der Waals surface area contributed by atoms with Gasteiger partial charge in [-0.05, 0) is 54.8 Å². The number of ketones is 1. The number of amides is 1. The number of ether oxygens (including phenoxy) is 2. The summed E-state index contributed by atoms with van der Waals surface area (Å²) >= 11 is 0. The van der Waals surface area contributed by atoms with Gasteiger partial charge in [0.05, 0.1) is 24.8 Å². The van der Waals surface area contributed by atoms with Crippen molar-refractivity contribution in [3.63, 3.8) is 0 Å². The lowest BCUT2D eigenvalue weighted by atomic mass is 9.94. The monoisotopic (exact) mass is 505 g/mol. The Labute approximate surface area is 218 Å². The third-order valence-corrected chi connectivity index (χ3v) is 7.41. The van der Waals surface area contributed by atoms with E-state index in [-0.39, 0.29) is 17.4 Å². The number of Topliss-reactive ketones (excluding diaryl/α,β-unsaturated/α-hetero) is 1. The topological polar surface area (TPSA) is 82.5 Å². The molecule has 5 rings (SSSR count). The molecule has 0 bridgehead atoms. The molecule has 3 aliphatic heterocycles. The highest BCUT2D eigenvalue weighted by Crippen LogP contribution is 2.41. The number of benzene rings is 2. The van der Waals surface area contributed by atoms with Crippen LogP contribution in [0.1, 0.15) is 36.1 Å². The lowest BCUT2D eigenvalue weighted by molar-refractivity contribution is -0.140. The van der Waals surface area contributed by atoms with E-state index >= 15 is 0 Å². The smallest absolute Gasteiger partial charge is 0.295 e. The summed E-state index contributed by atoms with van der Waals surface area (Å²) in [4.78, 5) is 32.6. The number of anilines is 1. The fraction of sp³-hybridized carbons (Fsp3) is 0.448. The van der Waals surface area contributed by atoms with E-state index < -0.39 is 17.7 Å². The van der Waals surface area contributed by atoms with Crippen LogP contribution in [-0.2, 0) is 20.7 Å². The molecular formula is C29H35N3O5. The molecule has 0 aliphatic carbocycles. The molecule has 37 heavy (non-hydrogen) atoms. The first-order valence-corrected chi connectivity index (χ1v) is 13.0. The second-order valence-corrected chi connectivity index (χ2v) is 10.2. The van der Waals surface area contributed by atoms with Crippen LogP contribution < -0.4 is 9.64 Å². The van der Waals surface area contributed by atoms with Gasteiger partial charge in [0.25, 0.3) is 11.7 Å².